The largest absolute Gasteiger partial charge is 0.360 e. The Labute approximate surface area is 157 Å². The van der Waals surface area contributed by atoms with Crippen LogP contribution in [0.4, 0.5) is 11.6 Å². The van der Waals surface area contributed by atoms with Gasteiger partial charge >= 0.3 is 0 Å². The van der Waals surface area contributed by atoms with Crippen molar-refractivity contribution in [2.45, 2.75) is 13.8 Å². The third kappa shape index (κ3) is 3.50. The molecule has 1 saturated heterocycles. The van der Waals surface area contributed by atoms with Crippen molar-refractivity contribution in [1.29, 1.82) is 0 Å². The number of carbonyl (C=O) groups is 1. The maximum Gasteiger partial charge on any atom is 0.259 e. The van der Waals surface area contributed by atoms with Crippen molar-refractivity contribution in [2.75, 3.05) is 42.9 Å². The molecule has 1 aliphatic heterocycles. The molecule has 1 amide bonds. The Morgan fingerprint density at radius 1 is 1.19 bits per heavy atom. The van der Waals surface area contributed by atoms with Crippen molar-refractivity contribution in [3.05, 3.63) is 47.9 Å². The summed E-state index contributed by atoms with van der Waals surface area (Å²) in [6, 6.07) is 9.61. The van der Waals surface area contributed by atoms with Gasteiger partial charge in [-0.25, -0.2) is 4.98 Å². The van der Waals surface area contributed by atoms with Crippen molar-refractivity contribution in [2.24, 2.45) is 0 Å². The van der Waals surface area contributed by atoms with Crippen LogP contribution in [0.1, 0.15) is 23.0 Å². The molecule has 1 aliphatic rings. The molecule has 27 heavy (non-hydrogen) atoms. The fourth-order valence-electron chi connectivity index (χ4n) is 3.50. The van der Waals surface area contributed by atoms with E-state index < -0.39 is 0 Å². The van der Waals surface area contributed by atoms with E-state index in [1.165, 1.54) is 0 Å². The van der Waals surface area contributed by atoms with E-state index in [4.69, 9.17) is 4.52 Å². The Kier molecular flexibility index (Phi) is 4.77. The minimum atomic E-state index is -0.241. The number of nitrogens with one attached hydrogen (secondary N) is 1. The summed E-state index contributed by atoms with van der Waals surface area (Å²) >= 11 is 0. The maximum atomic E-state index is 12.8. The van der Waals surface area contributed by atoms with Gasteiger partial charge in [0.05, 0.1) is 5.56 Å². The first-order valence-corrected chi connectivity index (χ1v) is 9.25. The lowest BCUT2D eigenvalue weighted by Crippen LogP contribution is -2.46. The molecule has 1 fully saturated rings. The fraction of sp³-hybridized carbons (Fsp3) is 0.350. The lowest BCUT2D eigenvalue weighted by atomic mass is 10.1. The molecule has 0 unspecified atom stereocenters. The van der Waals surface area contributed by atoms with Gasteiger partial charge in [0, 0.05) is 43.8 Å². The van der Waals surface area contributed by atoms with Crippen LogP contribution in [0, 0.1) is 6.92 Å². The van der Waals surface area contributed by atoms with E-state index in [1.807, 2.05) is 24.3 Å². The number of aromatic nitrogens is 2. The number of likely N-dealkylation sites (N-methyl/N-ethyl adjacent to an activating group) is 1. The molecule has 1 N–H and O–H groups in total. The van der Waals surface area contributed by atoms with E-state index in [0.29, 0.717) is 17.1 Å². The third-order valence-electron chi connectivity index (χ3n) is 5.01. The number of amides is 1. The highest BCUT2D eigenvalue weighted by molar-refractivity contribution is 6.14. The van der Waals surface area contributed by atoms with Gasteiger partial charge in [0.1, 0.15) is 11.6 Å². The molecule has 7 nitrogen and oxygen atoms in total. The van der Waals surface area contributed by atoms with E-state index in [-0.39, 0.29) is 5.91 Å². The fourth-order valence-corrected chi connectivity index (χ4v) is 3.50. The Hall–Kier alpha value is -2.93. The van der Waals surface area contributed by atoms with Crippen LogP contribution in [0.5, 0.6) is 0 Å². The quantitative estimate of drug-likeness (QED) is 0.766. The number of carbonyl (C=O) groups excluding carboxylic acids is 1. The highest BCUT2D eigenvalue weighted by atomic mass is 16.5. The van der Waals surface area contributed by atoms with Gasteiger partial charge in [-0.3, -0.25) is 4.79 Å². The van der Waals surface area contributed by atoms with Crippen molar-refractivity contribution in [1.82, 2.24) is 15.0 Å². The minimum absolute atomic E-state index is 0.241. The number of fused-ring (bicyclic) bond motifs is 1. The van der Waals surface area contributed by atoms with Gasteiger partial charge in [0.15, 0.2) is 5.82 Å². The number of benzene rings is 1. The molecular weight excluding hydrogens is 342 g/mol. The summed E-state index contributed by atoms with van der Waals surface area (Å²) in [5, 5.41) is 8.49. The lowest BCUT2D eigenvalue weighted by Gasteiger charge is -2.35. The van der Waals surface area contributed by atoms with Gasteiger partial charge < -0.3 is 19.6 Å². The molecule has 1 aromatic carbocycles. The summed E-state index contributed by atoms with van der Waals surface area (Å²) < 4.78 is 5.01. The van der Waals surface area contributed by atoms with Gasteiger partial charge in [-0.05, 0) is 18.9 Å². The number of aryl methyl sites for hydroxylation is 1. The van der Waals surface area contributed by atoms with Crippen LogP contribution in [0.3, 0.4) is 0 Å². The first-order valence-electron chi connectivity index (χ1n) is 9.25. The summed E-state index contributed by atoms with van der Waals surface area (Å²) in [6.07, 6.45) is 1.66. The third-order valence-corrected chi connectivity index (χ3v) is 5.01. The van der Waals surface area contributed by atoms with Crippen LogP contribution in [-0.2, 0) is 0 Å². The van der Waals surface area contributed by atoms with Crippen molar-refractivity contribution in [3.63, 3.8) is 0 Å². The number of nitrogens with zero attached hydrogens (tertiary/aromatic N) is 4. The molecule has 2 aromatic heterocycles. The van der Waals surface area contributed by atoms with Crippen LogP contribution < -0.4 is 10.2 Å². The molecule has 0 bridgehead atoms. The highest BCUT2D eigenvalue weighted by Crippen LogP contribution is 2.28. The number of pyridine rings is 1. The van der Waals surface area contributed by atoms with Crippen molar-refractivity contribution >= 4 is 28.3 Å². The Balaban J connectivity index is 1.65. The van der Waals surface area contributed by atoms with E-state index in [2.05, 4.69) is 32.2 Å². The topological polar surface area (TPSA) is 74.5 Å². The minimum Gasteiger partial charge on any atom is -0.360 e. The van der Waals surface area contributed by atoms with E-state index in [9.17, 15) is 4.79 Å². The zero-order valence-electron chi connectivity index (χ0n) is 15.6. The SMILES string of the molecule is CCN1CCN(c2ncc(C(=O)Nc3cc(C)on3)c3ccccc23)CC1. The van der Waals surface area contributed by atoms with E-state index in [0.717, 1.165) is 49.3 Å². The Morgan fingerprint density at radius 2 is 1.93 bits per heavy atom. The average Bonchev–Trinajstić information content (AvgIpc) is 3.11. The van der Waals surface area contributed by atoms with Crippen LogP contribution >= 0.6 is 0 Å². The summed E-state index contributed by atoms with van der Waals surface area (Å²) in [5.41, 5.74) is 0.530. The molecular formula is C20H23N5O2. The Bertz CT molecular complexity index is 960. The first kappa shape index (κ1) is 17.5. The zero-order chi connectivity index (χ0) is 18.8. The predicted molar refractivity (Wildman–Crippen MR) is 105 cm³/mol. The molecule has 0 saturated carbocycles. The molecule has 0 spiro atoms. The second-order valence-corrected chi connectivity index (χ2v) is 6.74. The monoisotopic (exact) mass is 365 g/mol. The number of hydrogen-bond donors (Lipinski definition) is 1. The molecule has 0 atom stereocenters. The molecule has 140 valence electrons. The zero-order valence-corrected chi connectivity index (χ0v) is 15.6. The molecule has 7 heteroatoms. The molecule has 4 rings (SSSR count). The smallest absolute Gasteiger partial charge is 0.259 e. The molecule has 3 aromatic rings. The lowest BCUT2D eigenvalue weighted by molar-refractivity contribution is 0.102. The Morgan fingerprint density at radius 3 is 2.59 bits per heavy atom. The number of anilines is 2. The average molecular weight is 365 g/mol. The normalized spacial score (nSPS) is 15.3. The van der Waals surface area contributed by atoms with Gasteiger partial charge in [0.25, 0.3) is 5.91 Å². The van der Waals surface area contributed by atoms with Crippen molar-refractivity contribution < 1.29 is 9.32 Å². The standard InChI is InChI=1S/C20H23N5O2/c1-3-24-8-10-25(11-9-24)19-16-7-5-4-6-15(16)17(13-21-19)20(26)22-18-12-14(2)27-23-18/h4-7,12-13H,3,8-11H2,1-2H3,(H,22,23,26). The van der Waals surface area contributed by atoms with Crippen LogP contribution in [0.15, 0.2) is 41.1 Å². The molecule has 0 radical (unpaired) electrons. The highest BCUT2D eigenvalue weighted by Gasteiger charge is 2.21. The summed E-state index contributed by atoms with van der Waals surface area (Å²) in [5.74, 6) is 1.75. The maximum absolute atomic E-state index is 12.8. The van der Waals surface area contributed by atoms with Gasteiger partial charge in [-0.1, -0.05) is 36.3 Å². The molecule has 3 heterocycles. The second-order valence-electron chi connectivity index (χ2n) is 6.74. The summed E-state index contributed by atoms with van der Waals surface area (Å²) in [6.45, 7) is 8.98. The number of piperazine rings is 1. The van der Waals surface area contributed by atoms with E-state index in [1.54, 1.807) is 19.2 Å². The number of hydrogen-bond acceptors (Lipinski definition) is 6. The van der Waals surface area contributed by atoms with Gasteiger partial charge in [0.2, 0.25) is 0 Å². The van der Waals surface area contributed by atoms with Crippen molar-refractivity contribution in [3.8, 4) is 0 Å². The first-order chi connectivity index (χ1) is 13.2. The molecule has 0 aliphatic carbocycles. The number of rotatable bonds is 4. The van der Waals surface area contributed by atoms with Gasteiger partial charge in [-0.2, -0.15) is 0 Å². The van der Waals surface area contributed by atoms with Crippen LogP contribution in [-0.4, -0.2) is 53.7 Å². The van der Waals surface area contributed by atoms with Crippen LogP contribution in [0.2, 0.25) is 0 Å². The predicted octanol–water partition coefficient (Wildman–Crippen LogP) is 2.93. The van der Waals surface area contributed by atoms with Crippen LogP contribution in [0.25, 0.3) is 10.8 Å². The van der Waals surface area contributed by atoms with Gasteiger partial charge in [-0.15, -0.1) is 0 Å². The summed E-state index contributed by atoms with van der Waals surface area (Å²) in [7, 11) is 0. The summed E-state index contributed by atoms with van der Waals surface area (Å²) in [4.78, 5) is 22.1. The van der Waals surface area contributed by atoms with E-state index >= 15 is 0 Å². The second kappa shape index (κ2) is 7.36.